The molecule has 0 bridgehead atoms. The van der Waals surface area contributed by atoms with E-state index >= 15 is 0 Å². The maximum atomic E-state index is 9.88. The zero-order valence-electron chi connectivity index (χ0n) is 30.0. The van der Waals surface area contributed by atoms with Crippen LogP contribution in [0, 0.1) is 34.0 Å². The molecule has 0 saturated heterocycles. The van der Waals surface area contributed by atoms with E-state index in [4.69, 9.17) is 0 Å². The van der Waals surface area contributed by atoms with Gasteiger partial charge in [-0.15, -0.1) is 0 Å². The molecular formula is C51H29N5. The first-order valence-electron chi connectivity index (χ1n) is 18.4. The fourth-order valence-electron chi connectivity index (χ4n) is 8.31. The van der Waals surface area contributed by atoms with Gasteiger partial charge in [0.05, 0.1) is 57.0 Å². The first-order chi connectivity index (χ1) is 27.6. The van der Waals surface area contributed by atoms with Gasteiger partial charge in [0.2, 0.25) is 0 Å². The third-order valence-electron chi connectivity index (χ3n) is 10.8. The summed E-state index contributed by atoms with van der Waals surface area (Å²) in [6.07, 6.45) is 0. The molecule has 10 rings (SSSR count). The summed E-state index contributed by atoms with van der Waals surface area (Å²) in [5, 5.41) is 33.4. The summed E-state index contributed by atoms with van der Waals surface area (Å²) in [6.45, 7) is 0. The number of para-hydroxylation sites is 2. The Morgan fingerprint density at radius 3 is 1.18 bits per heavy atom. The standard InChI is InChI=1S/C51H29N5/c52-30-33-17-21-36(22-18-33)40-9-1-3-11-42(40)43-12-4-2-10-41(43)37-27-38(55-48-15-7-5-13-44(48)45-14-6-8-16-49(45)55)29-39(28-37)56-50-23-19-34(31-53)25-46(50)47-26-35(32-54)20-24-51(47)56/h1-29H. The Balaban J connectivity index is 1.29. The molecule has 0 aliphatic carbocycles. The van der Waals surface area contributed by atoms with Gasteiger partial charge in [-0.3, -0.25) is 0 Å². The highest BCUT2D eigenvalue weighted by Crippen LogP contribution is 2.42. The van der Waals surface area contributed by atoms with E-state index < -0.39 is 0 Å². The second-order valence-corrected chi connectivity index (χ2v) is 13.9. The van der Waals surface area contributed by atoms with Crippen LogP contribution in [-0.2, 0) is 0 Å². The molecule has 0 spiro atoms. The zero-order chi connectivity index (χ0) is 37.8. The van der Waals surface area contributed by atoms with Gasteiger partial charge in [0.15, 0.2) is 0 Å². The van der Waals surface area contributed by atoms with E-state index in [2.05, 4.69) is 143 Å². The first-order valence-corrected chi connectivity index (χ1v) is 18.4. The molecule has 0 radical (unpaired) electrons. The maximum Gasteiger partial charge on any atom is 0.0991 e. The SMILES string of the molecule is N#Cc1ccc(-c2ccccc2-c2ccccc2-c2cc(-n3c4ccccc4c4ccccc43)cc(-n3c4ccc(C#N)cc4c4cc(C#N)ccc43)c2)cc1. The molecule has 2 heterocycles. The average Bonchev–Trinajstić information content (AvgIpc) is 3.78. The van der Waals surface area contributed by atoms with Crippen LogP contribution < -0.4 is 0 Å². The number of aromatic nitrogens is 2. The number of rotatable bonds is 5. The Morgan fingerprint density at radius 1 is 0.304 bits per heavy atom. The number of fused-ring (bicyclic) bond motifs is 6. The van der Waals surface area contributed by atoms with Crippen LogP contribution in [0.25, 0.3) is 88.4 Å². The van der Waals surface area contributed by atoms with Crippen molar-refractivity contribution in [3.63, 3.8) is 0 Å². The maximum absolute atomic E-state index is 9.88. The molecule has 0 aliphatic heterocycles. The van der Waals surface area contributed by atoms with Crippen molar-refractivity contribution >= 4 is 43.6 Å². The smallest absolute Gasteiger partial charge is 0.0991 e. The van der Waals surface area contributed by atoms with Crippen LogP contribution in [0.2, 0.25) is 0 Å². The van der Waals surface area contributed by atoms with Gasteiger partial charge in [-0.2, -0.15) is 15.8 Å². The summed E-state index contributed by atoms with van der Waals surface area (Å²) in [6, 6.07) is 67.0. The number of benzene rings is 8. The molecule has 56 heavy (non-hydrogen) atoms. The highest BCUT2D eigenvalue weighted by molar-refractivity contribution is 6.11. The van der Waals surface area contributed by atoms with Gasteiger partial charge < -0.3 is 9.13 Å². The predicted octanol–water partition coefficient (Wildman–Crippen LogP) is 12.5. The van der Waals surface area contributed by atoms with Crippen LogP contribution in [0.3, 0.4) is 0 Å². The molecular weight excluding hydrogens is 683 g/mol. The van der Waals surface area contributed by atoms with Gasteiger partial charge in [-0.25, -0.2) is 0 Å². The Bertz CT molecular complexity index is 3220. The van der Waals surface area contributed by atoms with E-state index in [0.29, 0.717) is 16.7 Å². The highest BCUT2D eigenvalue weighted by Gasteiger charge is 2.20. The average molecular weight is 712 g/mol. The van der Waals surface area contributed by atoms with Crippen molar-refractivity contribution in [2.24, 2.45) is 0 Å². The van der Waals surface area contributed by atoms with Crippen molar-refractivity contribution in [1.82, 2.24) is 9.13 Å². The molecule has 0 saturated carbocycles. The van der Waals surface area contributed by atoms with Crippen molar-refractivity contribution in [2.75, 3.05) is 0 Å². The lowest BCUT2D eigenvalue weighted by molar-refractivity contribution is 1.13. The molecule has 0 aliphatic rings. The van der Waals surface area contributed by atoms with E-state index in [0.717, 1.165) is 77.6 Å². The largest absolute Gasteiger partial charge is 0.309 e. The van der Waals surface area contributed by atoms with Crippen LogP contribution in [0.15, 0.2) is 176 Å². The lowest BCUT2D eigenvalue weighted by Crippen LogP contribution is -2.00. The number of hydrogen-bond acceptors (Lipinski definition) is 3. The molecule has 0 N–H and O–H groups in total. The second kappa shape index (κ2) is 13.0. The van der Waals surface area contributed by atoms with Gasteiger partial charge in [0.25, 0.3) is 0 Å². The van der Waals surface area contributed by atoms with Gasteiger partial charge in [-0.05, 0) is 112 Å². The molecule has 258 valence electrons. The van der Waals surface area contributed by atoms with Crippen molar-refractivity contribution < 1.29 is 0 Å². The van der Waals surface area contributed by atoms with Crippen molar-refractivity contribution in [3.8, 4) is 63.0 Å². The summed E-state index contributed by atoms with van der Waals surface area (Å²) in [5.41, 5.74) is 14.2. The molecule has 8 aromatic carbocycles. The van der Waals surface area contributed by atoms with Crippen molar-refractivity contribution in [2.45, 2.75) is 0 Å². The normalized spacial score (nSPS) is 11.2. The van der Waals surface area contributed by atoms with Crippen LogP contribution in [-0.4, -0.2) is 9.13 Å². The molecule has 0 atom stereocenters. The minimum atomic E-state index is 0.563. The fourth-order valence-corrected chi connectivity index (χ4v) is 8.31. The molecule has 5 nitrogen and oxygen atoms in total. The molecule has 0 amide bonds. The Hall–Kier alpha value is -8.17. The quantitative estimate of drug-likeness (QED) is 0.178. The minimum Gasteiger partial charge on any atom is -0.309 e. The second-order valence-electron chi connectivity index (χ2n) is 13.9. The number of nitriles is 3. The third-order valence-corrected chi connectivity index (χ3v) is 10.8. The van der Waals surface area contributed by atoms with E-state index in [1.807, 2.05) is 60.7 Å². The van der Waals surface area contributed by atoms with E-state index in [1.165, 1.54) is 10.8 Å². The van der Waals surface area contributed by atoms with Crippen LogP contribution in [0.1, 0.15) is 16.7 Å². The van der Waals surface area contributed by atoms with Crippen LogP contribution in [0.5, 0.6) is 0 Å². The van der Waals surface area contributed by atoms with Crippen LogP contribution >= 0.6 is 0 Å². The van der Waals surface area contributed by atoms with E-state index in [9.17, 15) is 15.8 Å². The molecule has 10 aromatic rings. The predicted molar refractivity (Wildman–Crippen MR) is 226 cm³/mol. The van der Waals surface area contributed by atoms with Gasteiger partial charge in [0, 0.05) is 32.9 Å². The summed E-state index contributed by atoms with van der Waals surface area (Å²) < 4.78 is 4.60. The summed E-state index contributed by atoms with van der Waals surface area (Å²) >= 11 is 0. The van der Waals surface area contributed by atoms with E-state index in [-0.39, 0.29) is 0 Å². The zero-order valence-corrected chi connectivity index (χ0v) is 30.0. The van der Waals surface area contributed by atoms with Gasteiger partial charge in [0.1, 0.15) is 0 Å². The number of hydrogen-bond donors (Lipinski definition) is 0. The summed E-state index contributed by atoms with van der Waals surface area (Å²) in [7, 11) is 0. The third kappa shape index (κ3) is 5.14. The van der Waals surface area contributed by atoms with Gasteiger partial charge >= 0.3 is 0 Å². The summed E-state index contributed by atoms with van der Waals surface area (Å²) in [5.74, 6) is 0. The molecule has 0 unspecified atom stereocenters. The Kier molecular flexibility index (Phi) is 7.57. The van der Waals surface area contributed by atoms with E-state index in [1.54, 1.807) is 0 Å². The van der Waals surface area contributed by atoms with Gasteiger partial charge in [-0.1, -0.05) is 97.1 Å². The lowest BCUT2D eigenvalue weighted by atomic mass is 9.89. The number of nitrogens with zero attached hydrogens (tertiary/aromatic N) is 5. The summed E-state index contributed by atoms with van der Waals surface area (Å²) in [4.78, 5) is 0. The van der Waals surface area contributed by atoms with Crippen molar-refractivity contribution in [1.29, 1.82) is 15.8 Å². The minimum absolute atomic E-state index is 0.563. The lowest BCUT2D eigenvalue weighted by Gasteiger charge is -2.18. The Morgan fingerprint density at radius 2 is 0.696 bits per heavy atom. The molecule has 2 aromatic heterocycles. The highest BCUT2D eigenvalue weighted by atomic mass is 15.0. The van der Waals surface area contributed by atoms with Crippen LogP contribution in [0.4, 0.5) is 0 Å². The fraction of sp³-hybridized carbons (Fsp3) is 0. The monoisotopic (exact) mass is 711 g/mol. The first kappa shape index (κ1) is 32.5. The molecule has 0 fully saturated rings. The van der Waals surface area contributed by atoms with Crippen molar-refractivity contribution in [3.05, 3.63) is 193 Å². The molecule has 5 heteroatoms. The topological polar surface area (TPSA) is 81.2 Å². The Labute approximate surface area is 323 Å².